The lowest BCUT2D eigenvalue weighted by atomic mass is 10.2. The van der Waals surface area contributed by atoms with Crippen LogP contribution in [0.3, 0.4) is 0 Å². The molecule has 1 N–H and O–H groups in total. The second kappa shape index (κ2) is 7.01. The summed E-state index contributed by atoms with van der Waals surface area (Å²) < 4.78 is 10.5. The lowest BCUT2D eigenvalue weighted by molar-refractivity contribution is 0.0506. The van der Waals surface area contributed by atoms with Crippen LogP contribution in [0.2, 0.25) is 0 Å². The number of rotatable bonds is 4. The molecule has 22 heavy (non-hydrogen) atoms. The third kappa shape index (κ3) is 5.22. The molecule has 2 rings (SSSR count). The average molecular weight is 306 g/mol. The van der Waals surface area contributed by atoms with Crippen LogP contribution in [0.15, 0.2) is 24.3 Å². The van der Waals surface area contributed by atoms with Crippen molar-refractivity contribution in [2.24, 2.45) is 0 Å². The molecule has 1 atom stereocenters. The van der Waals surface area contributed by atoms with Gasteiger partial charge in [0.15, 0.2) is 0 Å². The highest BCUT2D eigenvalue weighted by Crippen LogP contribution is 2.18. The number of methoxy groups -OCH3 is 1. The van der Waals surface area contributed by atoms with Crippen molar-refractivity contribution in [3.05, 3.63) is 29.8 Å². The Hall–Kier alpha value is -1.75. The Kier molecular flexibility index (Phi) is 5.29. The van der Waals surface area contributed by atoms with Gasteiger partial charge in [-0.1, -0.05) is 12.1 Å². The van der Waals surface area contributed by atoms with Crippen LogP contribution in [0.4, 0.5) is 4.79 Å². The van der Waals surface area contributed by atoms with Gasteiger partial charge in [0.2, 0.25) is 0 Å². The number of alkyl carbamates (subject to hydrolysis) is 1. The maximum atomic E-state index is 11.8. The summed E-state index contributed by atoms with van der Waals surface area (Å²) in [6, 6.07) is 8.24. The molecular weight excluding hydrogens is 280 g/mol. The Morgan fingerprint density at radius 1 is 1.41 bits per heavy atom. The first-order chi connectivity index (χ1) is 10.4. The molecule has 0 spiro atoms. The highest BCUT2D eigenvalue weighted by atomic mass is 16.6. The molecule has 1 amide bonds. The number of carbonyl (C=O) groups is 1. The fraction of sp³-hybridized carbons (Fsp3) is 0.588. The van der Waals surface area contributed by atoms with Gasteiger partial charge in [-0.3, -0.25) is 4.90 Å². The summed E-state index contributed by atoms with van der Waals surface area (Å²) in [7, 11) is 1.68. The van der Waals surface area contributed by atoms with Gasteiger partial charge in [-0.25, -0.2) is 4.79 Å². The van der Waals surface area contributed by atoms with Crippen LogP contribution in [0, 0.1) is 0 Å². The van der Waals surface area contributed by atoms with Crippen LogP contribution in [-0.2, 0) is 11.3 Å². The minimum absolute atomic E-state index is 0.153. The summed E-state index contributed by atoms with van der Waals surface area (Å²) in [5.74, 6) is 0.875. The second-order valence-corrected chi connectivity index (χ2v) is 6.72. The van der Waals surface area contributed by atoms with Crippen LogP contribution in [0.5, 0.6) is 5.75 Å². The molecule has 1 aromatic carbocycles. The van der Waals surface area contributed by atoms with E-state index in [-0.39, 0.29) is 12.1 Å². The predicted molar refractivity (Wildman–Crippen MR) is 86.0 cm³/mol. The Balaban J connectivity index is 1.81. The standard InChI is InChI=1S/C17H26N2O3/c1-17(2,3)22-16(20)18-14-8-9-19(12-14)11-13-6-5-7-15(10-13)21-4/h5-7,10,14H,8-9,11-12H2,1-4H3,(H,18,20). The van der Waals surface area contributed by atoms with Gasteiger partial charge >= 0.3 is 6.09 Å². The van der Waals surface area contributed by atoms with Crippen molar-refractivity contribution in [3.63, 3.8) is 0 Å². The Labute approximate surface area is 132 Å². The lowest BCUT2D eigenvalue weighted by Crippen LogP contribution is -2.40. The van der Waals surface area contributed by atoms with Crippen LogP contribution < -0.4 is 10.1 Å². The molecule has 1 aliphatic rings. The maximum absolute atomic E-state index is 11.8. The topological polar surface area (TPSA) is 50.8 Å². The van der Waals surface area contributed by atoms with E-state index >= 15 is 0 Å². The molecule has 0 aromatic heterocycles. The highest BCUT2D eigenvalue weighted by Gasteiger charge is 2.26. The Morgan fingerprint density at radius 3 is 2.86 bits per heavy atom. The lowest BCUT2D eigenvalue weighted by Gasteiger charge is -2.22. The van der Waals surface area contributed by atoms with E-state index in [2.05, 4.69) is 22.3 Å². The first-order valence-corrected chi connectivity index (χ1v) is 7.70. The van der Waals surface area contributed by atoms with Crippen molar-refractivity contribution in [2.75, 3.05) is 20.2 Å². The van der Waals surface area contributed by atoms with Gasteiger partial charge in [0.25, 0.3) is 0 Å². The number of nitrogens with one attached hydrogen (secondary N) is 1. The van der Waals surface area contributed by atoms with Crippen LogP contribution in [0.25, 0.3) is 0 Å². The smallest absolute Gasteiger partial charge is 0.407 e. The number of benzene rings is 1. The number of amides is 1. The monoisotopic (exact) mass is 306 g/mol. The minimum Gasteiger partial charge on any atom is -0.497 e. The summed E-state index contributed by atoms with van der Waals surface area (Å²) in [5.41, 5.74) is 0.764. The molecule has 1 saturated heterocycles. The molecule has 5 heteroatoms. The van der Waals surface area contributed by atoms with Crippen molar-refractivity contribution in [3.8, 4) is 5.75 Å². The quantitative estimate of drug-likeness (QED) is 0.929. The van der Waals surface area contributed by atoms with Gasteiger partial charge in [-0.05, 0) is 44.9 Å². The fourth-order valence-corrected chi connectivity index (χ4v) is 2.60. The van der Waals surface area contributed by atoms with Gasteiger partial charge in [0, 0.05) is 25.7 Å². The molecule has 0 bridgehead atoms. The van der Waals surface area contributed by atoms with E-state index in [0.717, 1.165) is 31.8 Å². The summed E-state index contributed by atoms with van der Waals surface area (Å²) in [4.78, 5) is 14.1. The van der Waals surface area contributed by atoms with E-state index in [0.29, 0.717) is 0 Å². The fourth-order valence-electron chi connectivity index (χ4n) is 2.60. The first kappa shape index (κ1) is 16.6. The maximum Gasteiger partial charge on any atom is 0.407 e. The molecular formula is C17H26N2O3. The Bertz CT molecular complexity index is 511. The van der Waals surface area contributed by atoms with Crippen molar-refractivity contribution >= 4 is 6.09 Å². The zero-order valence-electron chi connectivity index (χ0n) is 13.9. The number of hydrogen-bond acceptors (Lipinski definition) is 4. The summed E-state index contributed by atoms with van der Waals surface area (Å²) in [6.07, 6.45) is 0.615. The molecule has 122 valence electrons. The molecule has 1 aromatic rings. The largest absolute Gasteiger partial charge is 0.497 e. The first-order valence-electron chi connectivity index (χ1n) is 7.70. The van der Waals surface area contributed by atoms with Crippen molar-refractivity contribution < 1.29 is 14.3 Å². The predicted octanol–water partition coefficient (Wildman–Crippen LogP) is 2.79. The van der Waals surface area contributed by atoms with E-state index in [1.54, 1.807) is 7.11 Å². The van der Waals surface area contributed by atoms with Crippen LogP contribution in [0.1, 0.15) is 32.8 Å². The number of hydrogen-bond donors (Lipinski definition) is 1. The molecule has 0 aliphatic carbocycles. The van der Waals surface area contributed by atoms with Crippen molar-refractivity contribution in [1.82, 2.24) is 10.2 Å². The number of carbonyl (C=O) groups excluding carboxylic acids is 1. The molecule has 0 saturated carbocycles. The summed E-state index contributed by atoms with van der Waals surface area (Å²) in [5, 5.41) is 2.95. The van der Waals surface area contributed by atoms with Crippen molar-refractivity contribution in [1.29, 1.82) is 0 Å². The zero-order chi connectivity index (χ0) is 16.2. The minimum atomic E-state index is -0.455. The van der Waals surface area contributed by atoms with Gasteiger partial charge in [-0.2, -0.15) is 0 Å². The van der Waals surface area contributed by atoms with Crippen LogP contribution >= 0.6 is 0 Å². The highest BCUT2D eigenvalue weighted by molar-refractivity contribution is 5.68. The van der Waals surface area contributed by atoms with Gasteiger partial charge < -0.3 is 14.8 Å². The molecule has 1 heterocycles. The number of ether oxygens (including phenoxy) is 2. The third-order valence-electron chi connectivity index (χ3n) is 3.53. The average Bonchev–Trinajstić information content (AvgIpc) is 2.83. The third-order valence-corrected chi connectivity index (χ3v) is 3.53. The van der Waals surface area contributed by atoms with E-state index < -0.39 is 5.60 Å². The molecule has 1 fully saturated rings. The van der Waals surface area contributed by atoms with Gasteiger partial charge in [-0.15, -0.1) is 0 Å². The molecule has 1 aliphatic heterocycles. The molecule has 0 radical (unpaired) electrons. The summed E-state index contributed by atoms with van der Waals surface area (Å²) in [6.45, 7) is 8.29. The number of nitrogens with zero attached hydrogens (tertiary/aromatic N) is 1. The van der Waals surface area contributed by atoms with E-state index in [9.17, 15) is 4.79 Å². The zero-order valence-corrected chi connectivity index (χ0v) is 13.9. The summed E-state index contributed by atoms with van der Waals surface area (Å²) >= 11 is 0. The Morgan fingerprint density at radius 2 is 2.18 bits per heavy atom. The normalized spacial score (nSPS) is 19.0. The number of likely N-dealkylation sites (tertiary alicyclic amines) is 1. The van der Waals surface area contributed by atoms with Crippen molar-refractivity contribution in [2.45, 2.75) is 45.4 Å². The van der Waals surface area contributed by atoms with Gasteiger partial charge in [0.1, 0.15) is 11.4 Å². The molecule has 5 nitrogen and oxygen atoms in total. The SMILES string of the molecule is COc1cccc(CN2CCC(NC(=O)OC(C)(C)C)C2)c1. The van der Waals surface area contributed by atoms with Crippen LogP contribution in [-0.4, -0.2) is 42.8 Å². The molecule has 1 unspecified atom stereocenters. The second-order valence-electron chi connectivity index (χ2n) is 6.72. The van der Waals surface area contributed by atoms with E-state index in [1.807, 2.05) is 32.9 Å². The van der Waals surface area contributed by atoms with Gasteiger partial charge in [0.05, 0.1) is 7.11 Å². The van der Waals surface area contributed by atoms with E-state index in [4.69, 9.17) is 9.47 Å². The van der Waals surface area contributed by atoms with E-state index in [1.165, 1.54) is 5.56 Å².